The molecule has 0 saturated heterocycles. The van der Waals surface area contributed by atoms with E-state index in [4.69, 9.17) is 14.2 Å². The lowest BCUT2D eigenvalue weighted by atomic mass is 10.0. The van der Waals surface area contributed by atoms with Gasteiger partial charge in [0.1, 0.15) is 13.2 Å². The van der Waals surface area contributed by atoms with E-state index in [1.54, 1.807) is 0 Å². The van der Waals surface area contributed by atoms with Crippen molar-refractivity contribution in [1.29, 1.82) is 0 Å². The average molecular weight is 1150 g/mol. The summed E-state index contributed by atoms with van der Waals surface area (Å²) in [6, 6.07) is 0. The molecule has 0 aliphatic rings. The third kappa shape index (κ3) is 68.7. The van der Waals surface area contributed by atoms with E-state index in [2.05, 4.69) is 130 Å². The number of unbranched alkanes of at least 4 members (excludes halogenated alkanes) is 35. The maximum atomic E-state index is 13.0. The van der Waals surface area contributed by atoms with Crippen molar-refractivity contribution in [3.8, 4) is 0 Å². The molecular weight excluding hydrogens is 1020 g/mol. The van der Waals surface area contributed by atoms with Crippen LogP contribution in [0.2, 0.25) is 0 Å². The van der Waals surface area contributed by atoms with Crippen LogP contribution >= 0.6 is 0 Å². The summed E-state index contributed by atoms with van der Waals surface area (Å²) in [6.45, 7) is 6.52. The van der Waals surface area contributed by atoms with Gasteiger partial charge >= 0.3 is 17.9 Å². The third-order valence-corrected chi connectivity index (χ3v) is 15.2. The quantitative estimate of drug-likeness (QED) is 0.0261. The molecule has 0 aliphatic carbocycles. The Bertz CT molecular complexity index is 1660. The topological polar surface area (TPSA) is 78.9 Å². The molecule has 83 heavy (non-hydrogen) atoms. The van der Waals surface area contributed by atoms with Gasteiger partial charge in [-0.2, -0.15) is 0 Å². The summed E-state index contributed by atoms with van der Waals surface area (Å²) in [5, 5.41) is 0. The molecule has 0 bridgehead atoms. The molecule has 0 spiro atoms. The molecule has 0 radical (unpaired) electrons. The van der Waals surface area contributed by atoms with Gasteiger partial charge in [0.05, 0.1) is 0 Å². The van der Waals surface area contributed by atoms with Crippen molar-refractivity contribution in [2.45, 2.75) is 348 Å². The molecule has 0 fully saturated rings. The average Bonchev–Trinajstić information content (AvgIpc) is 3.49. The molecule has 6 heteroatoms. The van der Waals surface area contributed by atoms with E-state index in [-0.39, 0.29) is 31.1 Å². The Hall–Kier alpha value is -3.93. The number of carbonyl (C=O) groups excluding carboxylic acids is 3. The summed E-state index contributed by atoms with van der Waals surface area (Å²) in [6.07, 6.45) is 96.7. The Morgan fingerprint density at radius 3 is 0.759 bits per heavy atom. The number of esters is 3. The first-order chi connectivity index (χ1) is 41.0. The van der Waals surface area contributed by atoms with E-state index >= 15 is 0 Å². The minimum absolute atomic E-state index is 0.0840. The minimum atomic E-state index is -0.790. The lowest BCUT2D eigenvalue weighted by Gasteiger charge is -2.18. The predicted molar refractivity (Wildman–Crippen MR) is 362 cm³/mol. The van der Waals surface area contributed by atoms with Gasteiger partial charge in [-0.05, 0) is 128 Å². The number of ether oxygens (including phenoxy) is 3. The number of allylic oxidation sites excluding steroid dienone is 18. The van der Waals surface area contributed by atoms with Crippen molar-refractivity contribution in [3.05, 3.63) is 109 Å². The molecule has 0 N–H and O–H groups in total. The van der Waals surface area contributed by atoms with E-state index in [0.29, 0.717) is 19.3 Å². The predicted octanol–water partition coefficient (Wildman–Crippen LogP) is 24.6. The highest BCUT2D eigenvalue weighted by molar-refractivity contribution is 5.71. The second kappa shape index (κ2) is 70.6. The highest BCUT2D eigenvalue weighted by Gasteiger charge is 2.19. The molecule has 1 atom stereocenters. The van der Waals surface area contributed by atoms with Gasteiger partial charge in [-0.15, -0.1) is 0 Å². The van der Waals surface area contributed by atoms with Crippen molar-refractivity contribution < 1.29 is 28.6 Å². The van der Waals surface area contributed by atoms with Crippen LogP contribution in [0.25, 0.3) is 0 Å². The van der Waals surface area contributed by atoms with Gasteiger partial charge in [0, 0.05) is 19.3 Å². The Labute approximate surface area is 514 Å². The summed E-state index contributed by atoms with van der Waals surface area (Å²) < 4.78 is 17.0. The second-order valence-electron chi connectivity index (χ2n) is 23.4. The van der Waals surface area contributed by atoms with Crippen LogP contribution in [0.1, 0.15) is 342 Å². The fraction of sp³-hybridized carbons (Fsp3) is 0.727. The molecule has 1 unspecified atom stereocenters. The number of hydrogen-bond acceptors (Lipinski definition) is 6. The standard InChI is InChI=1S/C77H132O6/c1-4-7-10-13-16-19-22-25-28-31-33-35-37-38-40-41-43-46-49-52-55-58-61-64-67-70-76(79)82-73-74(72-81-75(78)69-66-63-60-57-54-51-48-45-30-27-24-21-18-15-12-9-6-3)83-77(80)71-68-65-62-59-56-53-50-47-44-42-39-36-34-32-29-26-23-20-17-14-11-8-5-2/h8,11,17-18,20-22,25-27,29-31,33-34,36-38,74H,4-7,9-10,12-16,19,23-24,28,32,35,39-73H2,1-3H3/b11-8-,20-17-,21-18-,25-22-,29-26-,30-27-,33-31-,36-34-,38-37-. The molecule has 6 nitrogen and oxygen atoms in total. The maximum Gasteiger partial charge on any atom is 0.306 e. The largest absolute Gasteiger partial charge is 0.462 e. The molecular formula is C77H132O6. The minimum Gasteiger partial charge on any atom is -0.462 e. The van der Waals surface area contributed by atoms with Crippen LogP contribution in [-0.4, -0.2) is 37.2 Å². The van der Waals surface area contributed by atoms with Gasteiger partial charge in [0.15, 0.2) is 6.10 Å². The van der Waals surface area contributed by atoms with Gasteiger partial charge in [0.2, 0.25) is 0 Å². The summed E-state index contributed by atoms with van der Waals surface area (Å²) in [4.78, 5) is 38.5. The van der Waals surface area contributed by atoms with E-state index in [1.807, 2.05) is 0 Å². The third-order valence-electron chi connectivity index (χ3n) is 15.2. The summed E-state index contributed by atoms with van der Waals surface area (Å²) in [5.74, 6) is -0.886. The monoisotopic (exact) mass is 1150 g/mol. The first-order valence-electron chi connectivity index (χ1n) is 35.4. The maximum absolute atomic E-state index is 13.0. The van der Waals surface area contributed by atoms with Crippen molar-refractivity contribution in [1.82, 2.24) is 0 Å². The van der Waals surface area contributed by atoms with Crippen LogP contribution in [-0.2, 0) is 28.6 Å². The summed E-state index contributed by atoms with van der Waals surface area (Å²) in [5.41, 5.74) is 0. The van der Waals surface area contributed by atoms with Gasteiger partial charge in [-0.3, -0.25) is 14.4 Å². The Balaban J connectivity index is 4.38. The molecule has 0 aromatic carbocycles. The zero-order valence-corrected chi connectivity index (χ0v) is 54.7. The highest BCUT2D eigenvalue weighted by atomic mass is 16.6. The fourth-order valence-corrected chi connectivity index (χ4v) is 9.94. The van der Waals surface area contributed by atoms with Crippen LogP contribution in [0.5, 0.6) is 0 Å². The first-order valence-corrected chi connectivity index (χ1v) is 35.4. The number of carbonyl (C=O) groups is 3. The van der Waals surface area contributed by atoms with Gasteiger partial charge in [-0.25, -0.2) is 0 Å². The molecule has 476 valence electrons. The number of rotatable bonds is 64. The Kier molecular flexibility index (Phi) is 67.2. The first kappa shape index (κ1) is 79.1. The Morgan fingerprint density at radius 2 is 0.470 bits per heavy atom. The zero-order chi connectivity index (χ0) is 59.9. The lowest BCUT2D eigenvalue weighted by molar-refractivity contribution is -0.167. The smallest absolute Gasteiger partial charge is 0.306 e. The highest BCUT2D eigenvalue weighted by Crippen LogP contribution is 2.17. The Morgan fingerprint density at radius 1 is 0.253 bits per heavy atom. The van der Waals surface area contributed by atoms with Crippen LogP contribution in [0.4, 0.5) is 0 Å². The van der Waals surface area contributed by atoms with Gasteiger partial charge < -0.3 is 14.2 Å². The van der Waals surface area contributed by atoms with Gasteiger partial charge in [-0.1, -0.05) is 304 Å². The number of hydrogen-bond donors (Lipinski definition) is 0. The molecule has 0 saturated carbocycles. The van der Waals surface area contributed by atoms with Crippen LogP contribution in [0.3, 0.4) is 0 Å². The van der Waals surface area contributed by atoms with Crippen LogP contribution in [0.15, 0.2) is 109 Å². The van der Waals surface area contributed by atoms with Crippen molar-refractivity contribution in [3.63, 3.8) is 0 Å². The van der Waals surface area contributed by atoms with Crippen LogP contribution < -0.4 is 0 Å². The molecule has 0 aliphatic heterocycles. The van der Waals surface area contributed by atoms with E-state index in [1.165, 1.54) is 193 Å². The van der Waals surface area contributed by atoms with Crippen molar-refractivity contribution in [2.24, 2.45) is 0 Å². The van der Waals surface area contributed by atoms with E-state index < -0.39 is 6.10 Å². The molecule has 0 heterocycles. The summed E-state index contributed by atoms with van der Waals surface area (Å²) in [7, 11) is 0. The molecule has 0 amide bonds. The summed E-state index contributed by atoms with van der Waals surface area (Å²) >= 11 is 0. The lowest BCUT2D eigenvalue weighted by Crippen LogP contribution is -2.30. The fourth-order valence-electron chi connectivity index (χ4n) is 9.94. The molecule has 0 aromatic rings. The SMILES string of the molecule is CC/C=C\C/C=C\C/C=C\C/C=C\CCCCCCCCCCCCC(=O)OC(COC(=O)CCCCCCCCC/C=C\C/C=C\CCCCC)COC(=O)CCCCCCCCCCCC/C=C\C/C=C\C/C=C\CCCCCCC. The van der Waals surface area contributed by atoms with Crippen molar-refractivity contribution in [2.75, 3.05) is 13.2 Å². The van der Waals surface area contributed by atoms with E-state index in [9.17, 15) is 14.4 Å². The van der Waals surface area contributed by atoms with Crippen LogP contribution in [0, 0.1) is 0 Å². The molecule has 0 rings (SSSR count). The second-order valence-corrected chi connectivity index (χ2v) is 23.4. The van der Waals surface area contributed by atoms with E-state index in [0.717, 1.165) is 109 Å². The van der Waals surface area contributed by atoms with Crippen molar-refractivity contribution >= 4 is 17.9 Å². The normalized spacial score (nSPS) is 12.8. The van der Waals surface area contributed by atoms with Gasteiger partial charge in [0.25, 0.3) is 0 Å². The molecule has 0 aromatic heterocycles. The zero-order valence-electron chi connectivity index (χ0n) is 54.7.